The van der Waals surface area contributed by atoms with Gasteiger partial charge in [0.15, 0.2) is 5.82 Å². The third-order valence-electron chi connectivity index (χ3n) is 11.5. The van der Waals surface area contributed by atoms with Gasteiger partial charge in [0, 0.05) is 87.3 Å². The number of hydrogen-bond donors (Lipinski definition) is 4. The Bertz CT molecular complexity index is 2540. The van der Waals surface area contributed by atoms with Crippen LogP contribution in [-0.4, -0.2) is 101 Å². The Kier molecular flexibility index (Phi) is 11.1. The first-order valence-electron chi connectivity index (χ1n) is 20.3. The fraction of sp³-hybridized carbons (Fsp3) is 0.341. The van der Waals surface area contributed by atoms with E-state index in [1.54, 1.807) is 6.33 Å². The lowest BCUT2D eigenvalue weighted by Crippen LogP contribution is -2.47. The average Bonchev–Trinajstić information content (AvgIpc) is 3.84. The molecule has 0 bridgehead atoms. The van der Waals surface area contributed by atoms with Crippen LogP contribution in [0.4, 0.5) is 26.0 Å². The number of nitrogens with zero attached hydrogens (tertiary/aromatic N) is 5. The van der Waals surface area contributed by atoms with Crippen LogP contribution in [-0.2, 0) is 20.7 Å². The number of rotatable bonds is 12. The molecule has 5 heterocycles. The summed E-state index contributed by atoms with van der Waals surface area (Å²) in [5, 5.41) is 17.1. The molecular formula is C44H45F2N9O5. The monoisotopic (exact) mass is 817 g/mol. The quantitative estimate of drug-likeness (QED) is 0.111. The molecule has 310 valence electrons. The molecule has 0 spiro atoms. The Hall–Kier alpha value is -6.39. The molecule has 14 nitrogen and oxygen atoms in total. The van der Waals surface area contributed by atoms with Crippen LogP contribution in [0.2, 0.25) is 0 Å². The summed E-state index contributed by atoms with van der Waals surface area (Å²) in [6.07, 6.45) is 4.35. The molecule has 3 aliphatic rings. The highest BCUT2D eigenvalue weighted by atomic mass is 19.1. The molecule has 3 aliphatic heterocycles. The molecule has 3 fully saturated rings. The summed E-state index contributed by atoms with van der Waals surface area (Å²) >= 11 is 0. The molecule has 0 aliphatic carbocycles. The summed E-state index contributed by atoms with van der Waals surface area (Å²) in [5.41, 5.74) is 5.83. The zero-order valence-corrected chi connectivity index (χ0v) is 32.9. The van der Waals surface area contributed by atoms with E-state index in [1.807, 2.05) is 53.1 Å². The Balaban J connectivity index is 0.831. The fourth-order valence-electron chi connectivity index (χ4n) is 8.32. The lowest BCUT2D eigenvalue weighted by Gasteiger charge is -2.36. The van der Waals surface area contributed by atoms with E-state index in [2.05, 4.69) is 47.0 Å². The summed E-state index contributed by atoms with van der Waals surface area (Å²) < 4.78 is 41.3. The second-order valence-electron chi connectivity index (χ2n) is 15.6. The van der Waals surface area contributed by atoms with Crippen LogP contribution in [0.5, 0.6) is 5.75 Å². The van der Waals surface area contributed by atoms with Crippen molar-refractivity contribution < 1.29 is 32.6 Å². The van der Waals surface area contributed by atoms with Crippen molar-refractivity contribution in [2.75, 3.05) is 68.1 Å². The predicted molar refractivity (Wildman–Crippen MR) is 222 cm³/mol. The summed E-state index contributed by atoms with van der Waals surface area (Å²) in [6.45, 7) is 5.83. The van der Waals surface area contributed by atoms with E-state index >= 15 is 0 Å². The molecule has 0 saturated carbocycles. The summed E-state index contributed by atoms with van der Waals surface area (Å²) in [5.74, 6) is -1.06. The van der Waals surface area contributed by atoms with Gasteiger partial charge in [-0.05, 0) is 91.4 Å². The summed E-state index contributed by atoms with van der Waals surface area (Å²) in [6, 6.07) is 20.3. The van der Waals surface area contributed by atoms with Crippen LogP contribution in [0.15, 0.2) is 79.1 Å². The highest BCUT2D eigenvalue weighted by Crippen LogP contribution is 2.31. The zero-order chi connectivity index (χ0) is 41.2. The molecule has 0 radical (unpaired) electrons. The van der Waals surface area contributed by atoms with Crippen molar-refractivity contribution in [2.24, 2.45) is 0 Å². The number of halogens is 2. The molecule has 4 N–H and O–H groups in total. The van der Waals surface area contributed by atoms with Crippen LogP contribution < -0.4 is 25.6 Å². The number of carbonyl (C=O) groups excluding carboxylic acids is 3. The van der Waals surface area contributed by atoms with Gasteiger partial charge in [-0.1, -0.05) is 6.07 Å². The molecule has 3 amide bonds. The second-order valence-corrected chi connectivity index (χ2v) is 15.6. The predicted octanol–water partition coefficient (Wildman–Crippen LogP) is 5.80. The SMILES string of the molecule is O=C1CCC(n2cnc3cc(OCCN4CCN(c5ccc(C(=O)Nc6n[nH]c7ccc(Cc8cc(F)cc(F)c8)cc67)c(NC6CCOCC6)c5)CC4)ccc32)C(=O)N1. The number of piperazine rings is 1. The highest BCUT2D eigenvalue weighted by molar-refractivity contribution is 6.11. The molecule has 1 atom stereocenters. The minimum Gasteiger partial charge on any atom is -0.492 e. The van der Waals surface area contributed by atoms with Gasteiger partial charge >= 0.3 is 0 Å². The normalized spacial score (nSPS) is 17.9. The number of nitrogens with one attached hydrogen (secondary N) is 4. The minimum absolute atomic E-state index is 0.153. The molecule has 4 aromatic carbocycles. The average molecular weight is 818 g/mol. The fourth-order valence-corrected chi connectivity index (χ4v) is 8.32. The van der Waals surface area contributed by atoms with Crippen molar-refractivity contribution in [1.82, 2.24) is 30.0 Å². The van der Waals surface area contributed by atoms with Crippen molar-refractivity contribution in [1.29, 1.82) is 0 Å². The molecule has 2 aromatic heterocycles. The van der Waals surface area contributed by atoms with Crippen molar-refractivity contribution in [3.63, 3.8) is 0 Å². The zero-order valence-electron chi connectivity index (χ0n) is 32.9. The van der Waals surface area contributed by atoms with Gasteiger partial charge in [-0.15, -0.1) is 0 Å². The number of piperidine rings is 1. The smallest absolute Gasteiger partial charge is 0.258 e. The third kappa shape index (κ3) is 8.65. The molecule has 3 saturated heterocycles. The number of carbonyl (C=O) groups is 3. The van der Waals surface area contributed by atoms with Crippen LogP contribution in [0.1, 0.15) is 53.2 Å². The standard InChI is InChI=1S/C44H45F2N9O5/c45-29-20-28(21-30(46)23-29)19-27-1-5-36-35(22-27)42(52-51-36)50-43(57)34-4-2-32(24-37(34)48-31-9-16-59-17-10-31)54-13-11-53(12-14-54)15-18-60-33-3-6-39-38(25-33)47-26-55(39)40-7-8-41(56)49-44(40)58/h1-6,20-26,31,40,48H,7-19H2,(H,49,56,58)(H2,50,51,52,57). The number of aromatic amines is 1. The largest absolute Gasteiger partial charge is 0.492 e. The van der Waals surface area contributed by atoms with E-state index in [0.717, 1.165) is 85.1 Å². The summed E-state index contributed by atoms with van der Waals surface area (Å²) in [4.78, 5) is 47.2. The Morgan fingerprint density at radius 1 is 0.900 bits per heavy atom. The molecule has 1 unspecified atom stereocenters. The van der Waals surface area contributed by atoms with E-state index in [4.69, 9.17) is 9.47 Å². The first-order chi connectivity index (χ1) is 29.2. The van der Waals surface area contributed by atoms with E-state index in [-0.39, 0.29) is 23.8 Å². The number of benzene rings is 4. The Morgan fingerprint density at radius 3 is 2.52 bits per heavy atom. The van der Waals surface area contributed by atoms with Gasteiger partial charge in [0.1, 0.15) is 30.0 Å². The van der Waals surface area contributed by atoms with Gasteiger partial charge in [-0.2, -0.15) is 5.10 Å². The van der Waals surface area contributed by atoms with E-state index < -0.39 is 17.7 Å². The van der Waals surface area contributed by atoms with E-state index in [9.17, 15) is 23.2 Å². The topological polar surface area (TPSA) is 159 Å². The lowest BCUT2D eigenvalue weighted by molar-refractivity contribution is -0.135. The number of imide groups is 1. The maximum Gasteiger partial charge on any atom is 0.258 e. The lowest BCUT2D eigenvalue weighted by atomic mass is 10.0. The number of anilines is 3. The second kappa shape index (κ2) is 17.1. The minimum atomic E-state index is -0.629. The van der Waals surface area contributed by atoms with E-state index in [1.165, 1.54) is 12.1 Å². The van der Waals surface area contributed by atoms with Gasteiger partial charge in [0.25, 0.3) is 5.91 Å². The number of hydrogen-bond acceptors (Lipinski definition) is 10. The van der Waals surface area contributed by atoms with Gasteiger partial charge < -0.3 is 29.6 Å². The highest BCUT2D eigenvalue weighted by Gasteiger charge is 2.29. The van der Waals surface area contributed by atoms with Crippen LogP contribution >= 0.6 is 0 Å². The van der Waals surface area contributed by atoms with Crippen molar-refractivity contribution >= 4 is 56.9 Å². The number of fused-ring (bicyclic) bond motifs is 2. The van der Waals surface area contributed by atoms with Crippen molar-refractivity contribution in [3.8, 4) is 5.75 Å². The first kappa shape index (κ1) is 39.1. The van der Waals surface area contributed by atoms with Gasteiger partial charge in [0.05, 0.1) is 28.4 Å². The van der Waals surface area contributed by atoms with Crippen molar-refractivity contribution in [3.05, 3.63) is 107 Å². The molecule has 6 aromatic rings. The number of ether oxygens (including phenoxy) is 2. The van der Waals surface area contributed by atoms with Crippen LogP contribution in [0.25, 0.3) is 21.9 Å². The molecule has 60 heavy (non-hydrogen) atoms. The van der Waals surface area contributed by atoms with E-state index in [0.29, 0.717) is 67.2 Å². The van der Waals surface area contributed by atoms with Gasteiger partial charge in [-0.3, -0.25) is 29.7 Å². The van der Waals surface area contributed by atoms with Crippen molar-refractivity contribution in [2.45, 2.75) is 44.2 Å². The molecule has 16 heteroatoms. The van der Waals surface area contributed by atoms with Crippen LogP contribution in [0.3, 0.4) is 0 Å². The van der Waals surface area contributed by atoms with Crippen LogP contribution in [0, 0.1) is 11.6 Å². The maximum atomic E-state index is 14.0. The Morgan fingerprint density at radius 2 is 1.72 bits per heavy atom. The third-order valence-corrected chi connectivity index (χ3v) is 11.5. The molecular weight excluding hydrogens is 773 g/mol. The number of aromatic nitrogens is 4. The maximum absolute atomic E-state index is 14.0. The number of imidazole rings is 1. The first-order valence-corrected chi connectivity index (χ1v) is 20.3. The van der Waals surface area contributed by atoms with Gasteiger partial charge in [-0.25, -0.2) is 13.8 Å². The Labute approximate surface area is 344 Å². The number of amides is 3. The molecule has 9 rings (SSSR count). The van der Waals surface area contributed by atoms with Gasteiger partial charge in [0.2, 0.25) is 11.8 Å². The number of H-pyrrole nitrogens is 1. The summed E-state index contributed by atoms with van der Waals surface area (Å²) in [7, 11) is 0.